The maximum Gasteiger partial charge on any atom is 0.264 e. The summed E-state index contributed by atoms with van der Waals surface area (Å²) in [5, 5.41) is 2.52. The van der Waals surface area contributed by atoms with Gasteiger partial charge >= 0.3 is 0 Å². The van der Waals surface area contributed by atoms with Gasteiger partial charge in [-0.15, -0.1) is 0 Å². The maximum absolute atomic E-state index is 12.4. The number of hydrogen-bond donors (Lipinski definition) is 2. The largest absolute Gasteiger partial charge is 0.342 e. The van der Waals surface area contributed by atoms with Crippen molar-refractivity contribution in [3.63, 3.8) is 0 Å². The monoisotopic (exact) mass is 326 g/mol. The highest BCUT2D eigenvalue weighted by Gasteiger charge is 2.39. The van der Waals surface area contributed by atoms with Crippen molar-refractivity contribution < 1.29 is 18.0 Å². The van der Waals surface area contributed by atoms with E-state index in [1.54, 1.807) is 26.0 Å². The Labute approximate surface area is 131 Å². The zero-order valence-electron chi connectivity index (χ0n) is 13.4. The normalized spacial score (nSPS) is 14.3. The van der Waals surface area contributed by atoms with Crippen molar-refractivity contribution in [2.75, 3.05) is 0 Å². The van der Waals surface area contributed by atoms with Crippen LogP contribution in [0.1, 0.15) is 33.3 Å². The van der Waals surface area contributed by atoms with Crippen LogP contribution in [-0.2, 0) is 19.6 Å². The minimum absolute atomic E-state index is 0.000353. The molecule has 0 heterocycles. The van der Waals surface area contributed by atoms with Crippen LogP contribution in [0.3, 0.4) is 0 Å². The third kappa shape index (κ3) is 4.07. The molecule has 22 heavy (non-hydrogen) atoms. The van der Waals surface area contributed by atoms with Crippen LogP contribution in [0.25, 0.3) is 0 Å². The first-order chi connectivity index (χ1) is 9.99. The minimum atomic E-state index is -3.98. The van der Waals surface area contributed by atoms with Gasteiger partial charge in [-0.1, -0.05) is 31.5 Å². The lowest BCUT2D eigenvalue weighted by atomic mass is 9.87. The average Bonchev–Trinajstić information content (AvgIpc) is 2.37. The molecule has 0 saturated carbocycles. The first-order valence-electron chi connectivity index (χ1n) is 6.91. The van der Waals surface area contributed by atoms with E-state index in [2.05, 4.69) is 5.32 Å². The summed E-state index contributed by atoms with van der Waals surface area (Å²) < 4.78 is 26.6. The number of nitrogens with one attached hydrogen (secondary N) is 2. The Hall–Kier alpha value is -1.89. The van der Waals surface area contributed by atoms with Gasteiger partial charge < -0.3 is 5.32 Å². The Bertz CT molecular complexity index is 665. The quantitative estimate of drug-likeness (QED) is 0.854. The van der Waals surface area contributed by atoms with Gasteiger partial charge in [0.25, 0.3) is 15.9 Å². The second-order valence-corrected chi connectivity index (χ2v) is 7.47. The van der Waals surface area contributed by atoms with Gasteiger partial charge in [-0.3, -0.25) is 9.59 Å². The first kappa shape index (κ1) is 18.2. The number of amides is 2. The van der Waals surface area contributed by atoms with E-state index >= 15 is 0 Å². The molecule has 0 fully saturated rings. The molecule has 0 aliphatic heterocycles. The van der Waals surface area contributed by atoms with Gasteiger partial charge in [0, 0.05) is 6.92 Å². The molecule has 0 radical (unpaired) electrons. The molecule has 0 bridgehead atoms. The van der Waals surface area contributed by atoms with Crippen molar-refractivity contribution in [3.8, 4) is 0 Å². The molecule has 2 N–H and O–H groups in total. The van der Waals surface area contributed by atoms with Crippen molar-refractivity contribution in [2.45, 2.75) is 45.1 Å². The van der Waals surface area contributed by atoms with Crippen LogP contribution in [0.5, 0.6) is 0 Å². The minimum Gasteiger partial charge on any atom is -0.342 e. The standard InChI is InChI=1S/C15H22N2O4S/c1-10(2)15(5,16-12(4)18)14(19)17-22(20,21)13-8-6-11(3)7-9-13/h6-10H,1-5H3,(H,16,18)(H,17,19). The second kappa shape index (κ2) is 6.48. The summed E-state index contributed by atoms with van der Waals surface area (Å²) in [6.45, 7) is 8.07. The lowest BCUT2D eigenvalue weighted by Gasteiger charge is -2.32. The number of rotatable bonds is 5. The molecule has 1 rings (SSSR count). The van der Waals surface area contributed by atoms with Crippen molar-refractivity contribution in [1.29, 1.82) is 0 Å². The summed E-state index contributed by atoms with van der Waals surface area (Å²) >= 11 is 0. The van der Waals surface area contributed by atoms with Gasteiger partial charge in [0.2, 0.25) is 5.91 Å². The summed E-state index contributed by atoms with van der Waals surface area (Å²) in [6, 6.07) is 6.15. The molecule has 1 unspecified atom stereocenters. The van der Waals surface area contributed by atoms with E-state index in [-0.39, 0.29) is 10.8 Å². The molecule has 2 amide bonds. The summed E-state index contributed by atoms with van der Waals surface area (Å²) in [6.07, 6.45) is 0. The highest BCUT2D eigenvalue weighted by molar-refractivity contribution is 7.90. The van der Waals surface area contributed by atoms with E-state index in [1.807, 2.05) is 11.6 Å². The molecule has 1 aromatic rings. The molecule has 0 aliphatic carbocycles. The van der Waals surface area contributed by atoms with E-state index in [4.69, 9.17) is 0 Å². The van der Waals surface area contributed by atoms with Crippen molar-refractivity contribution in [2.24, 2.45) is 5.92 Å². The van der Waals surface area contributed by atoms with Crippen LogP contribution in [0.4, 0.5) is 0 Å². The van der Waals surface area contributed by atoms with Crippen LogP contribution < -0.4 is 10.0 Å². The molecule has 0 aromatic heterocycles. The number of benzene rings is 1. The summed E-state index contributed by atoms with van der Waals surface area (Å²) in [4.78, 5) is 23.7. The van der Waals surface area contributed by atoms with Crippen LogP contribution >= 0.6 is 0 Å². The van der Waals surface area contributed by atoms with E-state index in [0.717, 1.165) is 5.56 Å². The van der Waals surface area contributed by atoms with Crippen molar-refractivity contribution in [1.82, 2.24) is 10.0 Å². The van der Waals surface area contributed by atoms with Crippen molar-refractivity contribution >= 4 is 21.8 Å². The average molecular weight is 326 g/mol. The van der Waals surface area contributed by atoms with Crippen LogP contribution in [0, 0.1) is 12.8 Å². The van der Waals surface area contributed by atoms with Gasteiger partial charge in [-0.2, -0.15) is 0 Å². The third-order valence-electron chi connectivity index (χ3n) is 3.62. The van der Waals surface area contributed by atoms with E-state index in [0.29, 0.717) is 0 Å². The van der Waals surface area contributed by atoms with Gasteiger partial charge in [0.1, 0.15) is 5.54 Å². The Balaban J connectivity index is 3.07. The number of carbonyl (C=O) groups is 2. The molecule has 7 heteroatoms. The predicted octanol–water partition coefficient (Wildman–Crippen LogP) is 1.35. The highest BCUT2D eigenvalue weighted by atomic mass is 32.2. The predicted molar refractivity (Wildman–Crippen MR) is 83.6 cm³/mol. The second-order valence-electron chi connectivity index (χ2n) is 5.79. The topological polar surface area (TPSA) is 92.3 Å². The molecule has 0 spiro atoms. The van der Waals surface area contributed by atoms with Crippen LogP contribution in [0.15, 0.2) is 29.2 Å². The maximum atomic E-state index is 12.4. The fourth-order valence-corrected chi connectivity index (χ4v) is 2.90. The molecule has 6 nitrogen and oxygen atoms in total. The SMILES string of the molecule is CC(=O)NC(C)(C(=O)NS(=O)(=O)c1ccc(C)cc1)C(C)C. The molecule has 1 atom stereocenters. The summed E-state index contributed by atoms with van der Waals surface area (Å²) in [5.74, 6) is -1.46. The number of sulfonamides is 1. The first-order valence-corrected chi connectivity index (χ1v) is 8.40. The highest BCUT2D eigenvalue weighted by Crippen LogP contribution is 2.18. The van der Waals surface area contributed by atoms with Crippen LogP contribution in [0.2, 0.25) is 0 Å². The Kier molecular flexibility index (Phi) is 5.35. The Morgan fingerprint density at radius 2 is 1.64 bits per heavy atom. The number of carbonyl (C=O) groups excluding carboxylic acids is 2. The fraction of sp³-hybridized carbons (Fsp3) is 0.467. The van der Waals surface area contributed by atoms with Crippen molar-refractivity contribution in [3.05, 3.63) is 29.8 Å². The van der Waals surface area contributed by atoms with Crippen LogP contribution in [-0.4, -0.2) is 25.8 Å². The van der Waals surface area contributed by atoms with Gasteiger partial charge in [-0.05, 0) is 31.9 Å². The molecule has 0 aliphatic rings. The van der Waals surface area contributed by atoms with Gasteiger partial charge in [0.15, 0.2) is 0 Å². The molecular formula is C15H22N2O4S. The Morgan fingerprint density at radius 3 is 2.05 bits per heavy atom. The Morgan fingerprint density at radius 1 is 1.14 bits per heavy atom. The third-order valence-corrected chi connectivity index (χ3v) is 4.97. The number of aryl methyl sites for hydroxylation is 1. The summed E-state index contributed by atoms with van der Waals surface area (Å²) in [7, 11) is -3.98. The molecule has 0 saturated heterocycles. The molecule has 122 valence electrons. The molecular weight excluding hydrogens is 304 g/mol. The lowest BCUT2D eigenvalue weighted by molar-refractivity contribution is -0.132. The fourth-order valence-electron chi connectivity index (χ4n) is 1.83. The zero-order chi connectivity index (χ0) is 17.1. The zero-order valence-corrected chi connectivity index (χ0v) is 14.2. The molecule has 1 aromatic carbocycles. The van der Waals surface area contributed by atoms with Gasteiger partial charge in [0.05, 0.1) is 4.90 Å². The summed E-state index contributed by atoms with van der Waals surface area (Å²) in [5.41, 5.74) is -0.403. The van der Waals surface area contributed by atoms with E-state index in [9.17, 15) is 18.0 Å². The number of hydrogen-bond acceptors (Lipinski definition) is 4. The van der Waals surface area contributed by atoms with E-state index < -0.39 is 27.4 Å². The van der Waals surface area contributed by atoms with E-state index in [1.165, 1.54) is 26.0 Å². The van der Waals surface area contributed by atoms with Gasteiger partial charge in [-0.25, -0.2) is 13.1 Å². The smallest absolute Gasteiger partial charge is 0.264 e. The lowest BCUT2D eigenvalue weighted by Crippen LogP contribution is -2.60.